The molecular formula is C14H18O4. The lowest BCUT2D eigenvalue weighted by Crippen LogP contribution is -2.15. The summed E-state index contributed by atoms with van der Waals surface area (Å²) >= 11 is 0. The van der Waals surface area contributed by atoms with Gasteiger partial charge in [-0.15, -0.1) is 6.58 Å². The summed E-state index contributed by atoms with van der Waals surface area (Å²) in [5, 5.41) is 9.09. The molecule has 0 fully saturated rings. The van der Waals surface area contributed by atoms with Gasteiger partial charge in [-0.1, -0.05) is 12.1 Å². The van der Waals surface area contributed by atoms with Gasteiger partial charge in [0.25, 0.3) is 0 Å². The average molecular weight is 250 g/mol. The fourth-order valence-electron chi connectivity index (χ4n) is 1.76. The average Bonchev–Trinajstić information content (AvgIpc) is 2.37. The molecule has 98 valence electrons. The molecule has 1 rings (SSSR count). The van der Waals surface area contributed by atoms with Crippen molar-refractivity contribution in [3.63, 3.8) is 0 Å². The Labute approximate surface area is 107 Å². The highest BCUT2D eigenvalue weighted by molar-refractivity contribution is 5.70. The van der Waals surface area contributed by atoms with Crippen LogP contribution in [0.2, 0.25) is 0 Å². The largest absolute Gasteiger partial charge is 0.493 e. The first-order valence-corrected chi connectivity index (χ1v) is 5.67. The zero-order chi connectivity index (χ0) is 13.5. The molecule has 0 radical (unpaired) electrons. The second-order valence-corrected chi connectivity index (χ2v) is 3.95. The van der Waals surface area contributed by atoms with E-state index in [0.29, 0.717) is 24.3 Å². The molecule has 0 aliphatic rings. The fourth-order valence-corrected chi connectivity index (χ4v) is 1.76. The Morgan fingerprint density at radius 2 is 2.06 bits per heavy atom. The van der Waals surface area contributed by atoms with Gasteiger partial charge in [-0.25, -0.2) is 0 Å². The quantitative estimate of drug-likeness (QED) is 0.755. The third-order valence-electron chi connectivity index (χ3n) is 2.73. The van der Waals surface area contributed by atoms with Crippen LogP contribution in [0.5, 0.6) is 11.5 Å². The molecule has 0 aromatic heterocycles. The van der Waals surface area contributed by atoms with Crippen molar-refractivity contribution in [3.8, 4) is 11.5 Å². The molecule has 1 N–H and O–H groups in total. The first kappa shape index (κ1) is 14.1. The Morgan fingerprint density at radius 1 is 1.39 bits per heavy atom. The molecule has 0 saturated carbocycles. The Morgan fingerprint density at radius 3 is 2.56 bits per heavy atom. The van der Waals surface area contributed by atoms with Gasteiger partial charge in [0.15, 0.2) is 11.5 Å². The highest BCUT2D eigenvalue weighted by Gasteiger charge is 2.17. The summed E-state index contributed by atoms with van der Waals surface area (Å²) in [6, 6.07) is 5.43. The van der Waals surface area contributed by atoms with Crippen LogP contribution in [-0.2, 0) is 11.2 Å². The van der Waals surface area contributed by atoms with E-state index in [-0.39, 0.29) is 0 Å². The smallest absolute Gasteiger partial charge is 0.307 e. The van der Waals surface area contributed by atoms with Crippen molar-refractivity contribution in [1.29, 1.82) is 0 Å². The predicted molar refractivity (Wildman–Crippen MR) is 69.2 cm³/mol. The molecule has 18 heavy (non-hydrogen) atoms. The fraction of sp³-hybridized carbons (Fsp3) is 0.357. The lowest BCUT2D eigenvalue weighted by Gasteiger charge is -2.12. The Bertz CT molecular complexity index is 426. The van der Waals surface area contributed by atoms with E-state index in [1.807, 2.05) is 6.07 Å². The normalized spacial score (nSPS) is 11.7. The van der Waals surface area contributed by atoms with Gasteiger partial charge in [0.1, 0.15) is 0 Å². The van der Waals surface area contributed by atoms with Crippen molar-refractivity contribution >= 4 is 5.97 Å². The second kappa shape index (κ2) is 6.69. The molecule has 0 aliphatic heterocycles. The lowest BCUT2D eigenvalue weighted by atomic mass is 9.96. The number of ether oxygens (including phenoxy) is 2. The number of aliphatic carboxylic acids is 1. The minimum Gasteiger partial charge on any atom is -0.493 e. The van der Waals surface area contributed by atoms with Crippen LogP contribution in [0.25, 0.3) is 0 Å². The number of benzene rings is 1. The zero-order valence-electron chi connectivity index (χ0n) is 10.7. The maximum atomic E-state index is 11.1. The maximum absolute atomic E-state index is 11.1. The SMILES string of the molecule is C=CC[C@H](Cc1ccc(OC)c(OC)c1)C(=O)O. The van der Waals surface area contributed by atoms with E-state index in [1.54, 1.807) is 32.4 Å². The van der Waals surface area contributed by atoms with Gasteiger partial charge in [0.2, 0.25) is 0 Å². The number of carboxylic acids is 1. The summed E-state index contributed by atoms with van der Waals surface area (Å²) in [5.74, 6) is -0.0279. The molecule has 0 unspecified atom stereocenters. The second-order valence-electron chi connectivity index (χ2n) is 3.95. The van der Waals surface area contributed by atoms with E-state index in [4.69, 9.17) is 14.6 Å². The number of hydrogen-bond donors (Lipinski definition) is 1. The lowest BCUT2D eigenvalue weighted by molar-refractivity contribution is -0.141. The summed E-state index contributed by atoms with van der Waals surface area (Å²) in [7, 11) is 3.12. The molecule has 0 amide bonds. The summed E-state index contributed by atoms with van der Waals surface area (Å²) in [6.07, 6.45) is 2.52. The highest BCUT2D eigenvalue weighted by Crippen LogP contribution is 2.28. The summed E-state index contributed by atoms with van der Waals surface area (Å²) < 4.78 is 10.3. The van der Waals surface area contributed by atoms with Gasteiger partial charge >= 0.3 is 5.97 Å². The molecular weight excluding hydrogens is 232 g/mol. The number of allylic oxidation sites excluding steroid dienone is 1. The van der Waals surface area contributed by atoms with Crippen LogP contribution in [0, 0.1) is 5.92 Å². The minimum absolute atomic E-state index is 0.446. The van der Waals surface area contributed by atoms with Crippen LogP contribution >= 0.6 is 0 Å². The molecule has 0 aliphatic carbocycles. The third kappa shape index (κ3) is 3.52. The number of carbonyl (C=O) groups is 1. The van der Waals surface area contributed by atoms with Gasteiger partial charge in [-0.05, 0) is 30.5 Å². The molecule has 0 heterocycles. The van der Waals surface area contributed by atoms with Crippen molar-refractivity contribution in [3.05, 3.63) is 36.4 Å². The van der Waals surface area contributed by atoms with E-state index < -0.39 is 11.9 Å². The summed E-state index contributed by atoms with van der Waals surface area (Å²) in [4.78, 5) is 11.1. The molecule has 4 nitrogen and oxygen atoms in total. The summed E-state index contributed by atoms with van der Waals surface area (Å²) in [6.45, 7) is 3.58. The van der Waals surface area contributed by atoms with Gasteiger partial charge in [-0.3, -0.25) is 4.79 Å². The number of carboxylic acid groups (broad SMARTS) is 1. The molecule has 0 saturated heterocycles. The number of methoxy groups -OCH3 is 2. The van der Waals surface area contributed by atoms with Gasteiger partial charge < -0.3 is 14.6 Å². The molecule has 1 aromatic carbocycles. The van der Waals surface area contributed by atoms with Crippen molar-refractivity contribution in [2.45, 2.75) is 12.8 Å². The summed E-state index contributed by atoms with van der Waals surface area (Å²) in [5.41, 5.74) is 0.905. The van der Waals surface area contributed by atoms with Crippen LogP contribution in [0.3, 0.4) is 0 Å². The van der Waals surface area contributed by atoms with E-state index in [9.17, 15) is 4.79 Å². The van der Waals surface area contributed by atoms with Crippen molar-refractivity contribution in [2.75, 3.05) is 14.2 Å². The van der Waals surface area contributed by atoms with E-state index in [0.717, 1.165) is 5.56 Å². The van der Waals surface area contributed by atoms with Crippen LogP contribution in [0.1, 0.15) is 12.0 Å². The first-order chi connectivity index (χ1) is 8.62. The van der Waals surface area contributed by atoms with E-state index in [1.165, 1.54) is 0 Å². The maximum Gasteiger partial charge on any atom is 0.307 e. The van der Waals surface area contributed by atoms with Crippen molar-refractivity contribution < 1.29 is 19.4 Å². The molecule has 4 heteroatoms. The van der Waals surface area contributed by atoms with Crippen LogP contribution in [0.15, 0.2) is 30.9 Å². The molecule has 0 spiro atoms. The van der Waals surface area contributed by atoms with Crippen LogP contribution < -0.4 is 9.47 Å². The van der Waals surface area contributed by atoms with E-state index in [2.05, 4.69) is 6.58 Å². The van der Waals surface area contributed by atoms with Crippen molar-refractivity contribution in [2.24, 2.45) is 5.92 Å². The Hall–Kier alpha value is -1.97. The molecule has 1 aromatic rings. The molecule has 1 atom stereocenters. The number of hydrogen-bond acceptors (Lipinski definition) is 3. The number of rotatable bonds is 7. The van der Waals surface area contributed by atoms with Gasteiger partial charge in [-0.2, -0.15) is 0 Å². The van der Waals surface area contributed by atoms with Crippen LogP contribution in [0.4, 0.5) is 0 Å². The third-order valence-corrected chi connectivity index (χ3v) is 2.73. The Balaban J connectivity index is 2.89. The topological polar surface area (TPSA) is 55.8 Å². The first-order valence-electron chi connectivity index (χ1n) is 5.67. The van der Waals surface area contributed by atoms with Crippen molar-refractivity contribution in [1.82, 2.24) is 0 Å². The standard InChI is InChI=1S/C14H18O4/c1-4-5-11(14(15)16)8-10-6-7-12(17-2)13(9-10)18-3/h4,6-7,9,11H,1,5,8H2,2-3H3,(H,15,16)/t11-/m1/s1. The highest BCUT2D eigenvalue weighted by atomic mass is 16.5. The monoisotopic (exact) mass is 250 g/mol. The molecule has 0 bridgehead atoms. The Kier molecular flexibility index (Phi) is 5.24. The van der Waals surface area contributed by atoms with Gasteiger partial charge in [0, 0.05) is 0 Å². The van der Waals surface area contributed by atoms with E-state index >= 15 is 0 Å². The zero-order valence-corrected chi connectivity index (χ0v) is 10.7. The van der Waals surface area contributed by atoms with Crippen LogP contribution in [-0.4, -0.2) is 25.3 Å². The predicted octanol–water partition coefficient (Wildman–Crippen LogP) is 2.52. The van der Waals surface area contributed by atoms with Gasteiger partial charge in [0.05, 0.1) is 20.1 Å². The minimum atomic E-state index is -0.815.